The smallest absolute Gasteiger partial charge is 0.201 e. The predicted octanol–water partition coefficient (Wildman–Crippen LogP) is 5.28. The zero-order valence-corrected chi connectivity index (χ0v) is 18.4. The van der Waals surface area contributed by atoms with E-state index >= 15 is 4.39 Å². The van der Waals surface area contributed by atoms with E-state index in [1.165, 1.54) is 18.6 Å². The van der Waals surface area contributed by atoms with E-state index in [2.05, 4.69) is 25.0 Å². The fraction of sp³-hybridized carbons (Fsp3) is 0.130. The molecule has 0 saturated carbocycles. The number of carbonyl (C=O) groups excluding carboxylic acids is 1. The summed E-state index contributed by atoms with van der Waals surface area (Å²) in [6, 6.07) is 11.0. The lowest BCUT2D eigenvalue weighted by Crippen LogP contribution is -2.13. The molecular formula is C23H18F2N6OS. The van der Waals surface area contributed by atoms with E-state index in [9.17, 15) is 9.18 Å². The van der Waals surface area contributed by atoms with E-state index in [1.54, 1.807) is 24.3 Å². The maximum Gasteiger partial charge on any atom is 0.201 e. The van der Waals surface area contributed by atoms with Crippen LogP contribution in [0.25, 0.3) is 11.0 Å². The van der Waals surface area contributed by atoms with Gasteiger partial charge in [0.05, 0.1) is 33.8 Å². The molecule has 4 aromatic rings. The number of benzene rings is 2. The van der Waals surface area contributed by atoms with E-state index in [-0.39, 0.29) is 17.3 Å². The lowest BCUT2D eigenvalue weighted by Gasteiger charge is -2.12. The molecule has 33 heavy (non-hydrogen) atoms. The van der Waals surface area contributed by atoms with Crippen molar-refractivity contribution in [3.8, 4) is 6.07 Å². The Morgan fingerprint density at radius 3 is 2.79 bits per heavy atom. The first-order valence-corrected chi connectivity index (χ1v) is 10.7. The van der Waals surface area contributed by atoms with Gasteiger partial charge in [0, 0.05) is 17.1 Å². The van der Waals surface area contributed by atoms with Crippen LogP contribution in [0.5, 0.6) is 0 Å². The van der Waals surface area contributed by atoms with Crippen LogP contribution >= 0.6 is 11.9 Å². The average Bonchev–Trinajstić information content (AvgIpc) is 3.23. The minimum atomic E-state index is -1.02. The second-order valence-electron chi connectivity index (χ2n) is 7.40. The number of aromatic amines is 1. The summed E-state index contributed by atoms with van der Waals surface area (Å²) in [5, 5.41) is 12.5. The number of ketones is 1. The Balaban J connectivity index is 1.70. The van der Waals surface area contributed by atoms with E-state index in [0.717, 1.165) is 18.0 Å². The van der Waals surface area contributed by atoms with Crippen molar-refractivity contribution in [1.29, 1.82) is 5.26 Å². The van der Waals surface area contributed by atoms with Crippen molar-refractivity contribution in [3.63, 3.8) is 0 Å². The highest BCUT2D eigenvalue weighted by Gasteiger charge is 2.26. The van der Waals surface area contributed by atoms with Crippen molar-refractivity contribution in [1.82, 2.24) is 15.0 Å². The molecule has 10 heteroatoms. The summed E-state index contributed by atoms with van der Waals surface area (Å²) in [4.78, 5) is 25.0. The maximum atomic E-state index is 15.3. The summed E-state index contributed by atoms with van der Waals surface area (Å²) >= 11 is 1.04. The Labute approximate surface area is 192 Å². The molecule has 7 nitrogen and oxygen atoms in total. The van der Waals surface area contributed by atoms with Crippen molar-refractivity contribution >= 4 is 40.3 Å². The van der Waals surface area contributed by atoms with Gasteiger partial charge < -0.3 is 15.0 Å². The van der Waals surface area contributed by atoms with Crippen molar-refractivity contribution in [2.45, 2.75) is 24.8 Å². The van der Waals surface area contributed by atoms with Crippen LogP contribution in [0.15, 0.2) is 53.8 Å². The van der Waals surface area contributed by atoms with Crippen LogP contribution in [0.1, 0.15) is 35.3 Å². The minimum absolute atomic E-state index is 0.0125. The minimum Gasteiger partial charge on any atom is -0.367 e. The Morgan fingerprint density at radius 1 is 1.21 bits per heavy atom. The number of hydrogen-bond donors (Lipinski definition) is 3. The summed E-state index contributed by atoms with van der Waals surface area (Å²) in [6.45, 7) is 3.81. The third kappa shape index (κ3) is 4.49. The topological polar surface area (TPSA) is 106 Å². The molecule has 2 aromatic heterocycles. The number of aromatic nitrogens is 3. The molecule has 0 aliphatic carbocycles. The van der Waals surface area contributed by atoms with Gasteiger partial charge in [0.2, 0.25) is 5.78 Å². The molecule has 0 radical (unpaired) electrons. The summed E-state index contributed by atoms with van der Waals surface area (Å²) in [5.74, 6) is -2.45. The van der Waals surface area contributed by atoms with Crippen LogP contribution in [-0.4, -0.2) is 26.8 Å². The van der Waals surface area contributed by atoms with Crippen LogP contribution in [0, 0.1) is 23.0 Å². The van der Waals surface area contributed by atoms with Gasteiger partial charge in [0.1, 0.15) is 23.6 Å². The third-order valence-electron chi connectivity index (χ3n) is 4.70. The first-order chi connectivity index (χ1) is 15.9. The molecule has 0 bridgehead atoms. The number of halogens is 2. The van der Waals surface area contributed by atoms with Gasteiger partial charge in [-0.1, -0.05) is 6.07 Å². The highest BCUT2D eigenvalue weighted by atomic mass is 32.2. The Kier molecular flexibility index (Phi) is 6.24. The largest absolute Gasteiger partial charge is 0.367 e. The number of nitrogens with zero attached hydrogens (tertiary/aromatic N) is 3. The fourth-order valence-corrected chi connectivity index (χ4v) is 3.96. The molecule has 0 amide bonds. The number of nitriles is 1. The molecule has 0 saturated heterocycles. The monoisotopic (exact) mass is 464 g/mol. The van der Waals surface area contributed by atoms with Gasteiger partial charge in [-0.15, -0.1) is 0 Å². The molecule has 0 aliphatic heterocycles. The lowest BCUT2D eigenvalue weighted by molar-refractivity contribution is 0.103. The quantitative estimate of drug-likeness (QED) is 0.252. The number of anilines is 2. The van der Waals surface area contributed by atoms with Gasteiger partial charge >= 0.3 is 0 Å². The first-order valence-electron chi connectivity index (χ1n) is 9.93. The van der Waals surface area contributed by atoms with Gasteiger partial charge in [-0.2, -0.15) is 5.26 Å². The van der Waals surface area contributed by atoms with E-state index in [1.807, 2.05) is 19.9 Å². The van der Waals surface area contributed by atoms with E-state index in [0.29, 0.717) is 27.3 Å². The summed E-state index contributed by atoms with van der Waals surface area (Å²) in [5.41, 5.74) is 0.123. The number of rotatable bonds is 7. The van der Waals surface area contributed by atoms with E-state index < -0.39 is 23.0 Å². The normalized spacial score (nSPS) is 10.9. The molecule has 0 atom stereocenters. The van der Waals surface area contributed by atoms with Crippen LogP contribution < -0.4 is 10.0 Å². The molecule has 166 valence electrons. The van der Waals surface area contributed by atoms with Crippen LogP contribution in [0.2, 0.25) is 0 Å². The standard InChI is InChI=1S/C23H18F2N6OS/c1-12(2)30-23-18-15(10-27-22(18)28-11-29-23)21(32)19-16(24)6-7-17(20(19)25)31-33-14-5-3-4-13(8-14)9-26/h3-8,10-12,31H,1-2H3,(H2,27,28,29,30). The maximum absolute atomic E-state index is 15.3. The second kappa shape index (κ2) is 9.26. The number of hydrogen-bond acceptors (Lipinski definition) is 7. The number of carbonyl (C=O) groups is 1. The summed E-state index contributed by atoms with van der Waals surface area (Å²) in [7, 11) is 0. The summed E-state index contributed by atoms with van der Waals surface area (Å²) < 4.78 is 32.7. The molecule has 0 aliphatic rings. The van der Waals surface area contributed by atoms with Gasteiger partial charge in [-0.25, -0.2) is 18.7 Å². The Hall–Kier alpha value is -3.97. The highest BCUT2D eigenvalue weighted by molar-refractivity contribution is 8.00. The molecule has 0 spiro atoms. The second-order valence-corrected chi connectivity index (χ2v) is 8.28. The molecular weight excluding hydrogens is 446 g/mol. The third-order valence-corrected chi connectivity index (χ3v) is 5.51. The van der Waals surface area contributed by atoms with Gasteiger partial charge in [0.15, 0.2) is 5.82 Å². The molecule has 2 heterocycles. The SMILES string of the molecule is CC(C)Nc1ncnc2[nH]cc(C(=O)c3c(F)ccc(NSc4cccc(C#N)c4)c3F)c12. The van der Waals surface area contributed by atoms with Crippen LogP contribution in [0.4, 0.5) is 20.3 Å². The Bertz CT molecular complexity index is 1400. The molecule has 2 aromatic carbocycles. The van der Waals surface area contributed by atoms with Crippen molar-refractivity contribution in [2.75, 3.05) is 10.0 Å². The molecule has 0 fully saturated rings. The van der Waals surface area contributed by atoms with Gasteiger partial charge in [-0.05, 0) is 56.1 Å². The average molecular weight is 465 g/mol. The van der Waals surface area contributed by atoms with Crippen LogP contribution in [-0.2, 0) is 0 Å². The molecule has 4 rings (SSSR count). The first kappa shape index (κ1) is 22.2. The van der Waals surface area contributed by atoms with Crippen molar-refractivity contribution in [2.24, 2.45) is 0 Å². The zero-order valence-electron chi connectivity index (χ0n) is 17.6. The van der Waals surface area contributed by atoms with Gasteiger partial charge in [0.25, 0.3) is 0 Å². The number of nitrogens with one attached hydrogen (secondary N) is 3. The van der Waals surface area contributed by atoms with Crippen molar-refractivity contribution in [3.05, 3.63) is 77.2 Å². The van der Waals surface area contributed by atoms with E-state index in [4.69, 9.17) is 5.26 Å². The van der Waals surface area contributed by atoms with Crippen LogP contribution in [0.3, 0.4) is 0 Å². The number of H-pyrrole nitrogens is 1. The number of fused-ring (bicyclic) bond motifs is 1. The highest BCUT2D eigenvalue weighted by Crippen LogP contribution is 2.31. The fourth-order valence-electron chi connectivity index (χ4n) is 3.24. The Morgan fingerprint density at radius 2 is 2.03 bits per heavy atom. The predicted molar refractivity (Wildman–Crippen MR) is 123 cm³/mol. The summed E-state index contributed by atoms with van der Waals surface area (Å²) in [6.07, 6.45) is 2.70. The lowest BCUT2D eigenvalue weighted by atomic mass is 10.0. The van der Waals surface area contributed by atoms with Gasteiger partial charge in [-0.3, -0.25) is 4.79 Å². The molecule has 0 unspecified atom stereocenters. The molecule has 3 N–H and O–H groups in total. The zero-order chi connectivity index (χ0) is 23.5. The van der Waals surface area contributed by atoms with Crippen molar-refractivity contribution < 1.29 is 13.6 Å².